The number of aryl methyl sites for hydroxylation is 1. The molecule has 0 spiro atoms. The Balaban J connectivity index is 1.89. The molecule has 2 aromatic carbocycles. The molecule has 8 nitrogen and oxygen atoms in total. The Labute approximate surface area is 231 Å². The number of benzene rings is 2. The summed E-state index contributed by atoms with van der Waals surface area (Å²) < 4.78 is 24.3. The number of ether oxygens (including phenoxy) is 4. The van der Waals surface area contributed by atoms with Gasteiger partial charge in [0.25, 0.3) is 5.56 Å². The topological polar surface area (TPSA) is 88.4 Å². The molecule has 0 radical (unpaired) electrons. The normalized spacial score (nSPS) is 15.0. The number of methoxy groups -OCH3 is 2. The summed E-state index contributed by atoms with van der Waals surface area (Å²) >= 11 is 1.29. The number of nitrogens with zero attached hydrogens (tertiary/aromatic N) is 2. The number of aromatic nitrogens is 1. The molecule has 4 rings (SSSR count). The summed E-state index contributed by atoms with van der Waals surface area (Å²) in [6.45, 7) is 8.36. The van der Waals surface area contributed by atoms with Crippen molar-refractivity contribution in [2.75, 3.05) is 27.4 Å². The number of hydrogen-bond acceptors (Lipinski definition) is 8. The van der Waals surface area contributed by atoms with E-state index in [0.717, 1.165) is 29.7 Å². The Bertz CT molecular complexity index is 1580. The Morgan fingerprint density at radius 1 is 1.08 bits per heavy atom. The van der Waals surface area contributed by atoms with Crippen molar-refractivity contribution in [2.24, 2.45) is 4.99 Å². The van der Waals surface area contributed by atoms with Gasteiger partial charge in [0.1, 0.15) is 5.75 Å². The Morgan fingerprint density at radius 3 is 2.54 bits per heavy atom. The van der Waals surface area contributed by atoms with Gasteiger partial charge in [-0.2, -0.15) is 0 Å². The number of unbranched alkanes of at least 4 members (excludes halogenated alkanes) is 1. The van der Waals surface area contributed by atoms with Gasteiger partial charge < -0.3 is 18.9 Å². The average Bonchev–Trinajstić information content (AvgIpc) is 3.23. The van der Waals surface area contributed by atoms with E-state index in [0.29, 0.717) is 44.3 Å². The molecule has 0 aliphatic carbocycles. The highest BCUT2D eigenvalue weighted by molar-refractivity contribution is 7.07. The second-order valence-electron chi connectivity index (χ2n) is 9.14. The fraction of sp³-hybridized carbons (Fsp3) is 0.367. The highest BCUT2D eigenvalue weighted by Crippen LogP contribution is 2.36. The third kappa shape index (κ3) is 5.78. The molecule has 1 atom stereocenters. The van der Waals surface area contributed by atoms with Crippen molar-refractivity contribution >= 4 is 23.4 Å². The van der Waals surface area contributed by atoms with E-state index in [4.69, 9.17) is 18.9 Å². The summed E-state index contributed by atoms with van der Waals surface area (Å²) in [5.74, 6) is 1.37. The molecule has 2 heterocycles. The van der Waals surface area contributed by atoms with Gasteiger partial charge in [0.05, 0.1) is 49.3 Å². The molecule has 0 saturated heterocycles. The number of hydrogen-bond donors (Lipinski definition) is 0. The van der Waals surface area contributed by atoms with Crippen molar-refractivity contribution in [3.63, 3.8) is 0 Å². The number of rotatable bonds is 10. The Hall–Kier alpha value is -3.85. The number of thiazole rings is 1. The summed E-state index contributed by atoms with van der Waals surface area (Å²) in [5, 5.41) is 0. The molecular formula is C30H34N2O6S. The van der Waals surface area contributed by atoms with Crippen LogP contribution < -0.4 is 29.1 Å². The molecule has 9 heteroatoms. The third-order valence-corrected chi connectivity index (χ3v) is 7.52. The van der Waals surface area contributed by atoms with E-state index in [2.05, 4.69) is 11.9 Å². The zero-order valence-corrected chi connectivity index (χ0v) is 24.0. The Morgan fingerprint density at radius 2 is 1.87 bits per heavy atom. The lowest BCUT2D eigenvalue weighted by Crippen LogP contribution is -2.40. The van der Waals surface area contributed by atoms with Gasteiger partial charge in [-0.05, 0) is 74.2 Å². The minimum atomic E-state index is -0.738. The van der Waals surface area contributed by atoms with Crippen LogP contribution >= 0.6 is 11.3 Å². The molecular weight excluding hydrogens is 516 g/mol. The van der Waals surface area contributed by atoms with Gasteiger partial charge in [-0.1, -0.05) is 36.8 Å². The van der Waals surface area contributed by atoms with E-state index in [1.165, 1.54) is 11.3 Å². The van der Waals surface area contributed by atoms with Crippen LogP contribution in [0.3, 0.4) is 0 Å². The summed E-state index contributed by atoms with van der Waals surface area (Å²) in [5.41, 5.74) is 3.15. The molecule has 0 saturated carbocycles. The van der Waals surface area contributed by atoms with Crippen LogP contribution in [0, 0.1) is 6.92 Å². The molecule has 39 heavy (non-hydrogen) atoms. The summed E-state index contributed by atoms with van der Waals surface area (Å²) in [7, 11) is 3.19. The van der Waals surface area contributed by atoms with Crippen molar-refractivity contribution in [3.05, 3.63) is 84.0 Å². The second kappa shape index (κ2) is 12.3. The largest absolute Gasteiger partial charge is 0.497 e. The number of carbonyl (C=O) groups is 1. The van der Waals surface area contributed by atoms with Gasteiger partial charge in [-0.3, -0.25) is 9.36 Å². The van der Waals surface area contributed by atoms with E-state index >= 15 is 0 Å². The maximum Gasteiger partial charge on any atom is 0.338 e. The Kier molecular flexibility index (Phi) is 8.91. The van der Waals surface area contributed by atoms with Crippen LogP contribution in [-0.2, 0) is 9.53 Å². The van der Waals surface area contributed by atoms with Crippen LogP contribution in [0.1, 0.15) is 56.3 Å². The van der Waals surface area contributed by atoms with Gasteiger partial charge in [0, 0.05) is 0 Å². The first kappa shape index (κ1) is 28.2. The highest BCUT2D eigenvalue weighted by atomic mass is 32.1. The van der Waals surface area contributed by atoms with E-state index in [9.17, 15) is 9.59 Å². The molecule has 0 amide bonds. The van der Waals surface area contributed by atoms with Gasteiger partial charge >= 0.3 is 5.97 Å². The third-order valence-electron chi connectivity index (χ3n) is 6.54. The summed E-state index contributed by atoms with van der Waals surface area (Å²) in [6, 6.07) is 10.5. The monoisotopic (exact) mass is 550 g/mol. The zero-order valence-electron chi connectivity index (χ0n) is 23.2. The van der Waals surface area contributed by atoms with Crippen LogP contribution in [0.5, 0.6) is 17.2 Å². The van der Waals surface area contributed by atoms with E-state index in [1.54, 1.807) is 32.6 Å². The van der Waals surface area contributed by atoms with Gasteiger partial charge in [0.2, 0.25) is 0 Å². The number of esters is 1. The van der Waals surface area contributed by atoms with Crippen LogP contribution in [0.15, 0.2) is 57.5 Å². The first-order chi connectivity index (χ1) is 18.8. The summed E-state index contributed by atoms with van der Waals surface area (Å²) in [4.78, 5) is 32.2. The average molecular weight is 551 g/mol. The van der Waals surface area contributed by atoms with Crippen LogP contribution in [0.4, 0.5) is 0 Å². The molecule has 3 aromatic rings. The van der Waals surface area contributed by atoms with Crippen molar-refractivity contribution in [2.45, 2.75) is 46.6 Å². The molecule has 1 aliphatic rings. The summed E-state index contributed by atoms with van der Waals surface area (Å²) in [6.07, 6.45) is 3.78. The van der Waals surface area contributed by atoms with Gasteiger partial charge in [-0.15, -0.1) is 0 Å². The smallest absolute Gasteiger partial charge is 0.338 e. The highest BCUT2D eigenvalue weighted by Gasteiger charge is 2.34. The minimum Gasteiger partial charge on any atom is -0.497 e. The first-order valence-corrected chi connectivity index (χ1v) is 13.8. The second-order valence-corrected chi connectivity index (χ2v) is 10.1. The number of allylic oxidation sites excluding steroid dienone is 1. The fourth-order valence-electron chi connectivity index (χ4n) is 4.49. The molecule has 1 aliphatic heterocycles. The van der Waals surface area contributed by atoms with E-state index in [-0.39, 0.29) is 12.2 Å². The maximum atomic E-state index is 13.9. The predicted molar refractivity (Wildman–Crippen MR) is 152 cm³/mol. The molecule has 0 N–H and O–H groups in total. The van der Waals surface area contributed by atoms with Crippen molar-refractivity contribution in [3.8, 4) is 17.2 Å². The van der Waals surface area contributed by atoms with Crippen LogP contribution in [0.2, 0.25) is 0 Å². The standard InChI is InChI=1S/C30H34N2O6S/c1-7-9-14-38-23-13-11-21(16-24(23)36-6)27-26(29(34)37-8-2)19(4)31-30-32(27)28(33)25(39-30)17-20-10-12-22(35-5)15-18(20)3/h10-13,15-17,27H,7-9,14H2,1-6H3/b25-17+. The minimum absolute atomic E-state index is 0.205. The van der Waals surface area contributed by atoms with Gasteiger partial charge in [-0.25, -0.2) is 9.79 Å². The number of carbonyl (C=O) groups excluding carboxylic acids is 1. The molecule has 206 valence electrons. The lowest BCUT2D eigenvalue weighted by atomic mass is 9.95. The SMILES string of the molecule is CCCCOc1ccc(C2C(C(=O)OCC)=C(C)N=c3s/c(=C/c4ccc(OC)cc4C)c(=O)n32)cc1OC. The van der Waals surface area contributed by atoms with E-state index < -0.39 is 12.0 Å². The molecule has 0 fully saturated rings. The quantitative estimate of drug-likeness (QED) is 0.276. The molecule has 0 bridgehead atoms. The predicted octanol–water partition coefficient (Wildman–Crippen LogP) is 4.30. The lowest BCUT2D eigenvalue weighted by molar-refractivity contribution is -0.139. The zero-order chi connectivity index (χ0) is 28.1. The molecule has 1 unspecified atom stereocenters. The fourth-order valence-corrected chi connectivity index (χ4v) is 5.52. The lowest BCUT2D eigenvalue weighted by Gasteiger charge is -2.25. The van der Waals surface area contributed by atoms with Crippen molar-refractivity contribution in [1.82, 2.24) is 4.57 Å². The van der Waals surface area contributed by atoms with Crippen molar-refractivity contribution < 1.29 is 23.7 Å². The number of fused-ring (bicyclic) bond motifs is 1. The van der Waals surface area contributed by atoms with Crippen molar-refractivity contribution in [1.29, 1.82) is 0 Å². The van der Waals surface area contributed by atoms with E-state index in [1.807, 2.05) is 49.4 Å². The van der Waals surface area contributed by atoms with Crippen LogP contribution in [0.25, 0.3) is 6.08 Å². The van der Waals surface area contributed by atoms with Gasteiger partial charge in [0.15, 0.2) is 16.3 Å². The first-order valence-electron chi connectivity index (χ1n) is 13.0. The molecule has 1 aromatic heterocycles. The maximum absolute atomic E-state index is 13.9. The van der Waals surface area contributed by atoms with Crippen LogP contribution in [-0.4, -0.2) is 38.0 Å².